The quantitative estimate of drug-likeness (QED) is 0.580. The average molecular weight is 214 g/mol. The van der Waals surface area contributed by atoms with E-state index in [1.807, 2.05) is 0 Å². The van der Waals surface area contributed by atoms with E-state index in [9.17, 15) is 9.90 Å². The fraction of sp³-hybridized carbons (Fsp3) is 0.909. The zero-order valence-electron chi connectivity index (χ0n) is 9.46. The van der Waals surface area contributed by atoms with Crippen molar-refractivity contribution in [2.24, 2.45) is 11.7 Å². The van der Waals surface area contributed by atoms with Crippen LogP contribution in [0.5, 0.6) is 0 Å². The molecule has 0 unspecified atom stereocenters. The second kappa shape index (κ2) is 5.47. The SMILES string of the molecule is CC1CCC(O)(CNCCC(N)=O)CC1. The van der Waals surface area contributed by atoms with Crippen molar-refractivity contribution in [1.82, 2.24) is 5.32 Å². The Bertz CT molecular complexity index is 211. The molecule has 1 rings (SSSR count). The Hall–Kier alpha value is -0.610. The highest BCUT2D eigenvalue weighted by Crippen LogP contribution is 2.31. The molecule has 1 aliphatic carbocycles. The molecule has 1 amide bonds. The van der Waals surface area contributed by atoms with E-state index in [2.05, 4.69) is 12.2 Å². The number of rotatable bonds is 5. The molecule has 0 aromatic rings. The summed E-state index contributed by atoms with van der Waals surface area (Å²) in [5, 5.41) is 13.3. The number of amides is 1. The Balaban J connectivity index is 2.16. The third-order valence-corrected chi connectivity index (χ3v) is 3.21. The van der Waals surface area contributed by atoms with Crippen LogP contribution in [-0.4, -0.2) is 29.7 Å². The summed E-state index contributed by atoms with van der Waals surface area (Å²) in [6.45, 7) is 3.36. The highest BCUT2D eigenvalue weighted by atomic mass is 16.3. The average Bonchev–Trinajstić information content (AvgIpc) is 2.18. The molecule has 1 saturated carbocycles. The van der Waals surface area contributed by atoms with Crippen LogP contribution in [0.4, 0.5) is 0 Å². The molecule has 0 spiro atoms. The van der Waals surface area contributed by atoms with E-state index in [-0.39, 0.29) is 5.91 Å². The van der Waals surface area contributed by atoms with Gasteiger partial charge in [0.05, 0.1) is 5.60 Å². The molecule has 1 fully saturated rings. The van der Waals surface area contributed by atoms with E-state index >= 15 is 0 Å². The summed E-state index contributed by atoms with van der Waals surface area (Å²) >= 11 is 0. The van der Waals surface area contributed by atoms with Crippen molar-refractivity contribution in [3.63, 3.8) is 0 Å². The van der Waals surface area contributed by atoms with Gasteiger partial charge < -0.3 is 16.2 Å². The zero-order valence-corrected chi connectivity index (χ0v) is 9.46. The lowest BCUT2D eigenvalue weighted by Crippen LogP contribution is -2.43. The standard InChI is InChI=1S/C11H22N2O2/c1-9-2-5-11(15,6-3-9)8-13-7-4-10(12)14/h9,13,15H,2-8H2,1H3,(H2,12,14). The number of carbonyl (C=O) groups excluding carboxylic acids is 1. The van der Waals surface area contributed by atoms with E-state index in [0.717, 1.165) is 31.6 Å². The minimum Gasteiger partial charge on any atom is -0.389 e. The van der Waals surface area contributed by atoms with Crippen molar-refractivity contribution < 1.29 is 9.90 Å². The fourth-order valence-corrected chi connectivity index (χ4v) is 2.01. The number of hydrogen-bond acceptors (Lipinski definition) is 3. The van der Waals surface area contributed by atoms with Crippen molar-refractivity contribution in [2.75, 3.05) is 13.1 Å². The molecule has 0 saturated heterocycles. The number of aliphatic hydroxyl groups is 1. The topological polar surface area (TPSA) is 75.3 Å². The van der Waals surface area contributed by atoms with Crippen LogP contribution in [-0.2, 0) is 4.79 Å². The second-order valence-electron chi connectivity index (χ2n) is 4.80. The van der Waals surface area contributed by atoms with Gasteiger partial charge in [0.15, 0.2) is 0 Å². The van der Waals surface area contributed by atoms with Crippen LogP contribution in [0.15, 0.2) is 0 Å². The minimum absolute atomic E-state index is 0.299. The van der Waals surface area contributed by atoms with Gasteiger partial charge in [-0.05, 0) is 31.6 Å². The molecule has 15 heavy (non-hydrogen) atoms. The molecule has 4 heteroatoms. The molecule has 0 aromatic heterocycles. The Morgan fingerprint density at radius 2 is 2.13 bits per heavy atom. The molecule has 0 heterocycles. The molecule has 0 aromatic carbocycles. The monoisotopic (exact) mass is 214 g/mol. The van der Waals surface area contributed by atoms with Gasteiger partial charge in [0.25, 0.3) is 0 Å². The Labute approximate surface area is 91.2 Å². The predicted octanol–water partition coefficient (Wildman–Crippen LogP) is 0.393. The summed E-state index contributed by atoms with van der Waals surface area (Å²) in [7, 11) is 0. The Morgan fingerprint density at radius 1 is 1.53 bits per heavy atom. The van der Waals surface area contributed by atoms with E-state index in [1.165, 1.54) is 0 Å². The molecule has 4 nitrogen and oxygen atoms in total. The number of hydrogen-bond donors (Lipinski definition) is 3. The Morgan fingerprint density at radius 3 is 2.67 bits per heavy atom. The fourth-order valence-electron chi connectivity index (χ4n) is 2.01. The van der Waals surface area contributed by atoms with Crippen molar-refractivity contribution in [1.29, 1.82) is 0 Å². The van der Waals surface area contributed by atoms with Crippen LogP contribution >= 0.6 is 0 Å². The molecular weight excluding hydrogens is 192 g/mol. The van der Waals surface area contributed by atoms with Crippen molar-refractivity contribution in [2.45, 2.75) is 44.6 Å². The third kappa shape index (κ3) is 4.62. The van der Waals surface area contributed by atoms with Crippen LogP contribution < -0.4 is 11.1 Å². The van der Waals surface area contributed by atoms with Gasteiger partial charge in [-0.25, -0.2) is 0 Å². The number of carbonyl (C=O) groups is 1. The van der Waals surface area contributed by atoms with Gasteiger partial charge in [0, 0.05) is 19.5 Å². The van der Waals surface area contributed by atoms with Gasteiger partial charge in [0.1, 0.15) is 0 Å². The second-order valence-corrected chi connectivity index (χ2v) is 4.80. The minimum atomic E-state index is -0.565. The number of primary amides is 1. The highest BCUT2D eigenvalue weighted by molar-refractivity contribution is 5.73. The van der Waals surface area contributed by atoms with Gasteiger partial charge >= 0.3 is 0 Å². The summed E-state index contributed by atoms with van der Waals surface area (Å²) in [6, 6.07) is 0. The van der Waals surface area contributed by atoms with Crippen molar-refractivity contribution in [3.8, 4) is 0 Å². The molecule has 0 aliphatic heterocycles. The predicted molar refractivity (Wildman–Crippen MR) is 59.3 cm³/mol. The van der Waals surface area contributed by atoms with Crippen LogP contribution in [0.3, 0.4) is 0 Å². The maximum absolute atomic E-state index is 10.5. The third-order valence-electron chi connectivity index (χ3n) is 3.21. The van der Waals surface area contributed by atoms with E-state index < -0.39 is 5.60 Å². The number of nitrogens with one attached hydrogen (secondary N) is 1. The Kier molecular flexibility index (Phi) is 4.54. The first-order valence-electron chi connectivity index (χ1n) is 5.73. The zero-order chi connectivity index (χ0) is 11.3. The summed E-state index contributed by atoms with van der Waals surface area (Å²) in [5.41, 5.74) is 4.46. The lowest BCUT2D eigenvalue weighted by atomic mass is 9.79. The summed E-state index contributed by atoms with van der Waals surface area (Å²) in [4.78, 5) is 10.5. The van der Waals surface area contributed by atoms with E-state index in [4.69, 9.17) is 5.73 Å². The van der Waals surface area contributed by atoms with Crippen LogP contribution in [0.25, 0.3) is 0 Å². The normalized spacial score (nSPS) is 31.5. The number of nitrogens with two attached hydrogens (primary N) is 1. The molecule has 1 aliphatic rings. The molecule has 4 N–H and O–H groups in total. The lowest BCUT2D eigenvalue weighted by molar-refractivity contribution is -0.118. The van der Waals surface area contributed by atoms with E-state index in [1.54, 1.807) is 0 Å². The van der Waals surface area contributed by atoms with Crippen molar-refractivity contribution in [3.05, 3.63) is 0 Å². The van der Waals surface area contributed by atoms with Gasteiger partial charge in [-0.3, -0.25) is 4.79 Å². The molecule has 0 atom stereocenters. The summed E-state index contributed by atoms with van der Waals surface area (Å²) < 4.78 is 0. The molecule has 88 valence electrons. The smallest absolute Gasteiger partial charge is 0.218 e. The first-order valence-corrected chi connectivity index (χ1v) is 5.73. The molecule has 0 bridgehead atoms. The van der Waals surface area contributed by atoms with Crippen molar-refractivity contribution >= 4 is 5.91 Å². The van der Waals surface area contributed by atoms with Gasteiger partial charge in [-0.2, -0.15) is 0 Å². The summed E-state index contributed by atoms with van der Waals surface area (Å²) in [5.74, 6) is 0.433. The van der Waals surface area contributed by atoms with Crippen LogP contribution in [0.2, 0.25) is 0 Å². The van der Waals surface area contributed by atoms with Crippen LogP contribution in [0, 0.1) is 5.92 Å². The lowest BCUT2D eigenvalue weighted by Gasteiger charge is -2.35. The molecular formula is C11H22N2O2. The first-order chi connectivity index (χ1) is 7.02. The summed E-state index contributed by atoms with van der Waals surface area (Å²) in [6.07, 6.45) is 4.24. The maximum atomic E-state index is 10.5. The largest absolute Gasteiger partial charge is 0.389 e. The molecule has 0 radical (unpaired) electrons. The first kappa shape index (κ1) is 12.5. The van der Waals surface area contributed by atoms with E-state index in [0.29, 0.717) is 19.5 Å². The van der Waals surface area contributed by atoms with Gasteiger partial charge in [-0.1, -0.05) is 6.92 Å². The highest BCUT2D eigenvalue weighted by Gasteiger charge is 2.31. The van der Waals surface area contributed by atoms with Crippen LogP contribution in [0.1, 0.15) is 39.0 Å². The van der Waals surface area contributed by atoms with Gasteiger partial charge in [-0.15, -0.1) is 0 Å². The van der Waals surface area contributed by atoms with Gasteiger partial charge in [0.2, 0.25) is 5.91 Å². The maximum Gasteiger partial charge on any atom is 0.218 e.